The highest BCUT2D eigenvalue weighted by atomic mass is 16.1. The van der Waals surface area contributed by atoms with Crippen molar-refractivity contribution in [1.29, 1.82) is 0 Å². The van der Waals surface area contributed by atoms with Gasteiger partial charge in [0, 0.05) is 12.0 Å². The van der Waals surface area contributed by atoms with Gasteiger partial charge in [0.1, 0.15) is 0 Å². The maximum absolute atomic E-state index is 11.9. The van der Waals surface area contributed by atoms with Crippen LogP contribution in [0.4, 0.5) is 0 Å². The standard InChI is InChI=1S/C14H18O/c1-3-10-8-9-11-6-5-7-13(15)14(11)12(10)4-2/h8-9H,3-7H2,1-2H3. The molecule has 80 valence electrons. The summed E-state index contributed by atoms with van der Waals surface area (Å²) < 4.78 is 0. The summed E-state index contributed by atoms with van der Waals surface area (Å²) in [6.45, 7) is 4.31. The predicted molar refractivity (Wildman–Crippen MR) is 62.5 cm³/mol. The van der Waals surface area contributed by atoms with Gasteiger partial charge in [0.05, 0.1) is 0 Å². The molecule has 1 aliphatic rings. The molecule has 1 heteroatoms. The maximum Gasteiger partial charge on any atom is 0.163 e. The van der Waals surface area contributed by atoms with Crippen LogP contribution >= 0.6 is 0 Å². The van der Waals surface area contributed by atoms with Gasteiger partial charge in [-0.2, -0.15) is 0 Å². The van der Waals surface area contributed by atoms with Crippen molar-refractivity contribution < 1.29 is 4.79 Å². The number of Topliss-reactive ketones (excluding diaryl/α,β-unsaturated/α-hetero) is 1. The van der Waals surface area contributed by atoms with Gasteiger partial charge in [0.15, 0.2) is 5.78 Å². The Labute approximate surface area is 91.5 Å². The first-order chi connectivity index (χ1) is 7.27. The quantitative estimate of drug-likeness (QED) is 0.719. The van der Waals surface area contributed by atoms with E-state index in [9.17, 15) is 4.79 Å². The largest absolute Gasteiger partial charge is 0.294 e. The molecule has 0 heterocycles. The molecular formula is C14H18O. The lowest BCUT2D eigenvalue weighted by atomic mass is 9.84. The smallest absolute Gasteiger partial charge is 0.163 e. The number of rotatable bonds is 2. The van der Waals surface area contributed by atoms with E-state index in [1.165, 1.54) is 16.7 Å². The second kappa shape index (κ2) is 4.18. The lowest BCUT2D eigenvalue weighted by Gasteiger charge is -2.20. The third-order valence-corrected chi connectivity index (χ3v) is 3.36. The summed E-state index contributed by atoms with van der Waals surface area (Å²) >= 11 is 0. The van der Waals surface area contributed by atoms with E-state index in [0.29, 0.717) is 5.78 Å². The summed E-state index contributed by atoms with van der Waals surface area (Å²) in [7, 11) is 0. The molecule has 0 saturated heterocycles. The lowest BCUT2D eigenvalue weighted by Crippen LogP contribution is -2.15. The summed E-state index contributed by atoms with van der Waals surface area (Å²) in [5.74, 6) is 0.364. The van der Waals surface area contributed by atoms with Gasteiger partial charge in [-0.05, 0) is 42.4 Å². The SMILES string of the molecule is CCc1ccc2c(c1CC)C(=O)CCC2. The van der Waals surface area contributed by atoms with Crippen molar-refractivity contribution in [3.63, 3.8) is 0 Å². The molecule has 0 aliphatic heterocycles. The Balaban J connectivity index is 2.61. The van der Waals surface area contributed by atoms with E-state index in [1.54, 1.807) is 0 Å². The van der Waals surface area contributed by atoms with Crippen LogP contribution in [0.15, 0.2) is 12.1 Å². The molecule has 15 heavy (non-hydrogen) atoms. The molecule has 0 saturated carbocycles. The summed E-state index contributed by atoms with van der Waals surface area (Å²) in [5.41, 5.74) is 5.00. The molecule has 2 rings (SSSR count). The first-order valence-electron chi connectivity index (χ1n) is 5.94. The van der Waals surface area contributed by atoms with Gasteiger partial charge in [-0.3, -0.25) is 4.79 Å². The number of ketones is 1. The molecule has 1 aliphatic carbocycles. The average Bonchev–Trinajstić information content (AvgIpc) is 2.28. The van der Waals surface area contributed by atoms with Crippen molar-refractivity contribution in [2.75, 3.05) is 0 Å². The number of hydrogen-bond acceptors (Lipinski definition) is 1. The zero-order valence-electron chi connectivity index (χ0n) is 9.60. The Bertz CT molecular complexity index is 391. The molecule has 0 spiro atoms. The monoisotopic (exact) mass is 202 g/mol. The van der Waals surface area contributed by atoms with E-state index in [2.05, 4.69) is 26.0 Å². The zero-order chi connectivity index (χ0) is 10.8. The van der Waals surface area contributed by atoms with E-state index < -0.39 is 0 Å². The molecule has 1 aromatic rings. The first kappa shape index (κ1) is 10.4. The highest BCUT2D eigenvalue weighted by molar-refractivity contribution is 6.00. The number of carbonyl (C=O) groups is 1. The Kier molecular flexibility index (Phi) is 2.90. The molecule has 0 aromatic heterocycles. The fraction of sp³-hybridized carbons (Fsp3) is 0.500. The minimum absolute atomic E-state index is 0.364. The fourth-order valence-corrected chi connectivity index (χ4v) is 2.59. The molecule has 0 fully saturated rings. The van der Waals surface area contributed by atoms with E-state index >= 15 is 0 Å². The fourth-order valence-electron chi connectivity index (χ4n) is 2.59. The number of benzene rings is 1. The van der Waals surface area contributed by atoms with Crippen LogP contribution in [0.3, 0.4) is 0 Å². The molecule has 0 N–H and O–H groups in total. The molecule has 1 nitrogen and oxygen atoms in total. The zero-order valence-corrected chi connectivity index (χ0v) is 9.60. The van der Waals surface area contributed by atoms with Crippen molar-refractivity contribution in [2.45, 2.75) is 46.0 Å². The van der Waals surface area contributed by atoms with Gasteiger partial charge in [0.25, 0.3) is 0 Å². The molecule has 0 atom stereocenters. The first-order valence-corrected chi connectivity index (χ1v) is 5.94. The third-order valence-electron chi connectivity index (χ3n) is 3.36. The molecule has 0 radical (unpaired) electrons. The molecule has 0 bridgehead atoms. The van der Waals surface area contributed by atoms with Crippen LogP contribution in [0.1, 0.15) is 53.7 Å². The topological polar surface area (TPSA) is 17.1 Å². The van der Waals surface area contributed by atoms with Gasteiger partial charge in [-0.1, -0.05) is 26.0 Å². The van der Waals surface area contributed by atoms with Gasteiger partial charge >= 0.3 is 0 Å². The van der Waals surface area contributed by atoms with Crippen molar-refractivity contribution in [2.24, 2.45) is 0 Å². The average molecular weight is 202 g/mol. The van der Waals surface area contributed by atoms with Crippen LogP contribution in [0.25, 0.3) is 0 Å². The lowest BCUT2D eigenvalue weighted by molar-refractivity contribution is 0.0971. The van der Waals surface area contributed by atoms with Gasteiger partial charge in [-0.25, -0.2) is 0 Å². The van der Waals surface area contributed by atoms with E-state index in [4.69, 9.17) is 0 Å². The van der Waals surface area contributed by atoms with E-state index in [-0.39, 0.29) is 0 Å². The summed E-state index contributed by atoms with van der Waals surface area (Å²) in [6.07, 6.45) is 4.87. The van der Waals surface area contributed by atoms with Gasteiger partial charge in [-0.15, -0.1) is 0 Å². The Morgan fingerprint density at radius 1 is 1.13 bits per heavy atom. The van der Waals surface area contributed by atoms with Crippen LogP contribution in [-0.4, -0.2) is 5.78 Å². The normalized spacial score (nSPS) is 15.2. The number of aryl methyl sites for hydroxylation is 2. The van der Waals surface area contributed by atoms with Crippen LogP contribution < -0.4 is 0 Å². The number of hydrogen-bond donors (Lipinski definition) is 0. The van der Waals surface area contributed by atoms with Gasteiger partial charge < -0.3 is 0 Å². The van der Waals surface area contributed by atoms with E-state index in [0.717, 1.165) is 37.7 Å². The van der Waals surface area contributed by atoms with E-state index in [1.807, 2.05) is 0 Å². The summed E-state index contributed by atoms with van der Waals surface area (Å²) in [4.78, 5) is 11.9. The Morgan fingerprint density at radius 3 is 2.60 bits per heavy atom. The van der Waals surface area contributed by atoms with Crippen LogP contribution in [-0.2, 0) is 19.3 Å². The summed E-state index contributed by atoms with van der Waals surface area (Å²) in [5, 5.41) is 0. The van der Waals surface area contributed by atoms with Crippen molar-refractivity contribution >= 4 is 5.78 Å². The van der Waals surface area contributed by atoms with Crippen molar-refractivity contribution in [3.05, 3.63) is 34.4 Å². The van der Waals surface area contributed by atoms with Crippen LogP contribution in [0.5, 0.6) is 0 Å². The molecule has 0 unspecified atom stereocenters. The molecule has 0 amide bonds. The highest BCUT2D eigenvalue weighted by Crippen LogP contribution is 2.27. The minimum Gasteiger partial charge on any atom is -0.294 e. The predicted octanol–water partition coefficient (Wildman–Crippen LogP) is 3.33. The van der Waals surface area contributed by atoms with Crippen molar-refractivity contribution in [3.8, 4) is 0 Å². The molecular weight excluding hydrogens is 184 g/mol. The molecule has 1 aromatic carbocycles. The number of fused-ring (bicyclic) bond motifs is 1. The minimum atomic E-state index is 0.364. The summed E-state index contributed by atoms with van der Waals surface area (Å²) in [6, 6.07) is 4.36. The maximum atomic E-state index is 11.9. The van der Waals surface area contributed by atoms with Gasteiger partial charge in [0.2, 0.25) is 0 Å². The Morgan fingerprint density at radius 2 is 1.93 bits per heavy atom. The van der Waals surface area contributed by atoms with Crippen molar-refractivity contribution in [1.82, 2.24) is 0 Å². The second-order valence-corrected chi connectivity index (χ2v) is 4.22. The van der Waals surface area contributed by atoms with Crippen LogP contribution in [0, 0.1) is 0 Å². The third kappa shape index (κ3) is 1.71. The number of carbonyl (C=O) groups excluding carboxylic acids is 1. The van der Waals surface area contributed by atoms with Crippen LogP contribution in [0.2, 0.25) is 0 Å². The Hall–Kier alpha value is -1.11. The highest BCUT2D eigenvalue weighted by Gasteiger charge is 2.21. The second-order valence-electron chi connectivity index (χ2n) is 4.22.